The second-order valence-corrected chi connectivity index (χ2v) is 8.57. The van der Waals surface area contributed by atoms with Crippen LogP contribution in [0.25, 0.3) is 0 Å². The summed E-state index contributed by atoms with van der Waals surface area (Å²) >= 11 is 0. The first-order valence-corrected chi connectivity index (χ1v) is 10.7. The summed E-state index contributed by atoms with van der Waals surface area (Å²) < 4.78 is 32.0. The maximum atomic E-state index is 13.3. The summed E-state index contributed by atoms with van der Waals surface area (Å²) in [5.74, 6) is -0.834. The van der Waals surface area contributed by atoms with Gasteiger partial charge in [-0.25, -0.2) is 13.6 Å². The number of carbonyl (C=O) groups is 2. The number of aliphatic hydroxyl groups excluding tert-OH is 1. The van der Waals surface area contributed by atoms with Crippen molar-refractivity contribution in [3.05, 3.63) is 47.2 Å². The van der Waals surface area contributed by atoms with Crippen molar-refractivity contribution >= 4 is 17.8 Å². The van der Waals surface area contributed by atoms with E-state index in [0.29, 0.717) is 24.7 Å². The molecule has 4 atom stereocenters. The summed E-state index contributed by atoms with van der Waals surface area (Å²) in [6.45, 7) is 0.674. The highest BCUT2D eigenvalue weighted by Crippen LogP contribution is 2.37. The number of benzene rings is 1. The lowest BCUT2D eigenvalue weighted by atomic mass is 10.0. The summed E-state index contributed by atoms with van der Waals surface area (Å²) in [6, 6.07) is 4.70. The molecule has 2 aliphatic carbocycles. The normalized spacial score (nSPS) is 24.2. The zero-order chi connectivity index (χ0) is 22.7. The van der Waals surface area contributed by atoms with E-state index in [1.807, 2.05) is 0 Å². The number of nitrogens with one attached hydrogen (secondary N) is 3. The number of H-pyrrole nitrogens is 1. The van der Waals surface area contributed by atoms with Crippen LogP contribution in [0.4, 0.5) is 19.4 Å². The molecule has 1 heterocycles. The first kappa shape index (κ1) is 22.2. The minimum absolute atomic E-state index is 0.116. The van der Waals surface area contributed by atoms with Gasteiger partial charge in [-0.2, -0.15) is 5.10 Å². The molecule has 0 unspecified atom stereocenters. The second kappa shape index (κ2) is 9.64. The predicted molar refractivity (Wildman–Crippen MR) is 111 cm³/mol. The van der Waals surface area contributed by atoms with Crippen molar-refractivity contribution in [3.8, 4) is 0 Å². The molecule has 0 radical (unpaired) electrons. The van der Waals surface area contributed by atoms with Crippen molar-refractivity contribution < 1.29 is 28.2 Å². The Labute approximate surface area is 183 Å². The Morgan fingerprint density at radius 2 is 1.91 bits per heavy atom. The molecule has 0 saturated heterocycles. The van der Waals surface area contributed by atoms with E-state index >= 15 is 0 Å². The van der Waals surface area contributed by atoms with Gasteiger partial charge in [0.25, 0.3) is 0 Å². The van der Waals surface area contributed by atoms with Crippen LogP contribution < -0.4 is 10.6 Å². The average molecular weight is 448 g/mol. The number of nitrogens with zero attached hydrogens (tertiary/aromatic N) is 1. The highest BCUT2D eigenvalue weighted by molar-refractivity contribution is 5.91. The molecule has 8 nitrogen and oxygen atoms in total. The van der Waals surface area contributed by atoms with E-state index in [9.17, 15) is 18.4 Å². The number of alkyl carbamates (subject to hydrolysis) is 1. The van der Waals surface area contributed by atoms with Crippen LogP contribution in [-0.2, 0) is 16.0 Å². The van der Waals surface area contributed by atoms with Crippen LogP contribution in [-0.4, -0.2) is 46.6 Å². The van der Waals surface area contributed by atoms with Crippen LogP contribution in [0.1, 0.15) is 42.9 Å². The number of rotatable bonds is 8. The van der Waals surface area contributed by atoms with Crippen LogP contribution in [0, 0.1) is 23.5 Å². The van der Waals surface area contributed by atoms with E-state index < -0.39 is 23.6 Å². The Morgan fingerprint density at radius 1 is 1.12 bits per heavy atom. The van der Waals surface area contributed by atoms with Crippen molar-refractivity contribution in [2.24, 2.45) is 11.8 Å². The van der Waals surface area contributed by atoms with E-state index in [1.54, 1.807) is 6.07 Å². The van der Waals surface area contributed by atoms with Crippen LogP contribution in [0.3, 0.4) is 0 Å². The fraction of sp³-hybridized carbons (Fsp3) is 0.500. The maximum absolute atomic E-state index is 13.3. The molecule has 1 aromatic carbocycles. The molecular weight excluding hydrogens is 422 g/mol. The predicted octanol–water partition coefficient (Wildman–Crippen LogP) is 2.86. The van der Waals surface area contributed by atoms with Gasteiger partial charge in [-0.15, -0.1) is 0 Å². The number of aromatic nitrogens is 2. The largest absolute Gasteiger partial charge is 0.446 e. The molecule has 0 aliphatic heterocycles. The van der Waals surface area contributed by atoms with Gasteiger partial charge < -0.3 is 20.5 Å². The van der Waals surface area contributed by atoms with Crippen molar-refractivity contribution in [1.82, 2.24) is 15.5 Å². The van der Waals surface area contributed by atoms with Crippen LogP contribution in [0.5, 0.6) is 0 Å². The van der Waals surface area contributed by atoms with Crippen molar-refractivity contribution in [1.29, 1.82) is 0 Å². The van der Waals surface area contributed by atoms with Crippen molar-refractivity contribution in [2.45, 2.75) is 44.1 Å². The molecule has 0 spiro atoms. The summed E-state index contributed by atoms with van der Waals surface area (Å²) in [5.41, 5.74) is 1.06. The lowest BCUT2D eigenvalue weighted by molar-refractivity contribution is -0.115. The molecule has 0 bridgehead atoms. The van der Waals surface area contributed by atoms with Gasteiger partial charge in [0.15, 0.2) is 5.82 Å². The maximum Gasteiger partial charge on any atom is 0.407 e. The fourth-order valence-electron chi connectivity index (χ4n) is 4.22. The third kappa shape index (κ3) is 5.82. The molecular formula is C22H26F2N4O4. The highest BCUT2D eigenvalue weighted by Gasteiger charge is 2.36. The fourth-order valence-corrected chi connectivity index (χ4v) is 4.22. The Bertz CT molecular complexity index is 962. The molecule has 2 saturated carbocycles. The lowest BCUT2D eigenvalue weighted by Gasteiger charge is -2.13. The molecule has 10 heteroatoms. The Kier molecular flexibility index (Phi) is 6.69. The lowest BCUT2D eigenvalue weighted by Crippen LogP contribution is -2.30. The Morgan fingerprint density at radius 3 is 2.62 bits per heavy atom. The first-order valence-electron chi connectivity index (χ1n) is 10.7. The van der Waals surface area contributed by atoms with Gasteiger partial charge in [-0.05, 0) is 55.2 Å². The number of ether oxygens (including phenoxy) is 1. The zero-order valence-electron chi connectivity index (χ0n) is 17.4. The molecule has 1 aromatic heterocycles. The van der Waals surface area contributed by atoms with E-state index in [4.69, 9.17) is 9.84 Å². The number of halogens is 2. The SMILES string of the molecule is O=C(Cc1cc(F)cc(F)c1)Nc1cc([C@@H]2CC[C@H](OC(=O)NC[C@@H]3C[C@H]3CO)C2)[nH]n1. The number of carbonyl (C=O) groups excluding carboxylic acids is 2. The quantitative estimate of drug-likeness (QED) is 0.496. The number of hydrogen-bond acceptors (Lipinski definition) is 5. The highest BCUT2D eigenvalue weighted by atomic mass is 19.1. The van der Waals surface area contributed by atoms with Gasteiger partial charge in [-0.3, -0.25) is 9.89 Å². The van der Waals surface area contributed by atoms with Gasteiger partial charge in [0.05, 0.1) is 6.42 Å². The van der Waals surface area contributed by atoms with E-state index in [0.717, 1.165) is 43.2 Å². The summed E-state index contributed by atoms with van der Waals surface area (Å²) in [6.07, 6.45) is 2.31. The van der Waals surface area contributed by atoms with E-state index in [-0.39, 0.29) is 36.5 Å². The molecule has 2 aromatic rings. The third-order valence-corrected chi connectivity index (χ3v) is 6.06. The number of amides is 2. The minimum atomic E-state index is -0.733. The molecule has 2 fully saturated rings. The third-order valence-electron chi connectivity index (χ3n) is 6.06. The summed E-state index contributed by atoms with van der Waals surface area (Å²) in [5, 5.41) is 21.4. The number of hydrogen-bond donors (Lipinski definition) is 4. The smallest absolute Gasteiger partial charge is 0.407 e. The summed E-state index contributed by atoms with van der Waals surface area (Å²) in [7, 11) is 0. The van der Waals surface area contributed by atoms with Gasteiger partial charge in [0, 0.05) is 36.9 Å². The second-order valence-electron chi connectivity index (χ2n) is 8.57. The van der Waals surface area contributed by atoms with Crippen LogP contribution >= 0.6 is 0 Å². The van der Waals surface area contributed by atoms with Gasteiger partial charge >= 0.3 is 6.09 Å². The monoisotopic (exact) mass is 448 g/mol. The number of aliphatic hydroxyl groups is 1. The molecule has 172 valence electrons. The standard InChI is InChI=1S/C22H26F2N4O4/c23-16-3-12(4-17(24)8-16)5-21(30)26-20-9-19(27-28-20)13-1-2-18(7-13)32-22(31)25-10-14-6-15(14)11-29/h3-4,8-9,13-15,18,29H,1-2,5-7,10-11H2,(H,25,31)(H2,26,27,28,30)/t13-,14+,15+,18+/m1/s1. The Hall–Kier alpha value is -3.01. The summed E-state index contributed by atoms with van der Waals surface area (Å²) in [4.78, 5) is 24.2. The molecule has 4 rings (SSSR count). The van der Waals surface area contributed by atoms with Crippen LogP contribution in [0.2, 0.25) is 0 Å². The van der Waals surface area contributed by atoms with Gasteiger partial charge in [0.1, 0.15) is 17.7 Å². The van der Waals surface area contributed by atoms with Crippen LogP contribution in [0.15, 0.2) is 24.3 Å². The van der Waals surface area contributed by atoms with Crippen molar-refractivity contribution in [2.75, 3.05) is 18.5 Å². The van der Waals surface area contributed by atoms with Gasteiger partial charge in [-0.1, -0.05) is 0 Å². The molecule has 2 aliphatic rings. The van der Waals surface area contributed by atoms with Crippen molar-refractivity contribution in [3.63, 3.8) is 0 Å². The molecule has 2 amide bonds. The number of anilines is 1. The topological polar surface area (TPSA) is 116 Å². The average Bonchev–Trinajstić information content (AvgIpc) is 3.07. The van der Waals surface area contributed by atoms with E-state index in [2.05, 4.69) is 20.8 Å². The first-order chi connectivity index (χ1) is 15.4. The Balaban J connectivity index is 1.22. The zero-order valence-corrected chi connectivity index (χ0v) is 17.4. The molecule has 4 N–H and O–H groups in total. The number of aromatic amines is 1. The molecule has 32 heavy (non-hydrogen) atoms. The van der Waals surface area contributed by atoms with E-state index in [1.165, 1.54) is 0 Å². The van der Waals surface area contributed by atoms with Gasteiger partial charge in [0.2, 0.25) is 5.91 Å². The minimum Gasteiger partial charge on any atom is -0.446 e.